The van der Waals surface area contributed by atoms with Crippen molar-refractivity contribution in [2.45, 2.75) is 6.92 Å². The Hall–Kier alpha value is -3.98. The molecule has 0 saturated heterocycles. The van der Waals surface area contributed by atoms with Crippen molar-refractivity contribution in [3.05, 3.63) is 83.7 Å². The minimum Gasteiger partial charge on any atom is -0.485 e. The van der Waals surface area contributed by atoms with Gasteiger partial charge in [-0.3, -0.25) is 9.59 Å². The largest absolute Gasteiger partial charge is 0.485 e. The summed E-state index contributed by atoms with van der Waals surface area (Å²) in [5.41, 5.74) is 2.66. The Kier molecular flexibility index (Phi) is 6.00. The average molecular weight is 388 g/mol. The van der Waals surface area contributed by atoms with Crippen molar-refractivity contribution in [3.8, 4) is 22.9 Å². The minimum absolute atomic E-state index is 0.103. The molecule has 6 heteroatoms. The second-order valence-corrected chi connectivity index (χ2v) is 6.30. The highest BCUT2D eigenvalue weighted by atomic mass is 19.1. The van der Waals surface area contributed by atoms with E-state index in [4.69, 9.17) is 10.00 Å². The maximum atomic E-state index is 14.1. The number of hydrogen-bond donors (Lipinski definition) is 1. The van der Waals surface area contributed by atoms with Gasteiger partial charge in [0.15, 0.2) is 6.61 Å². The molecule has 0 fully saturated rings. The number of nitrogens with one attached hydrogen (secondary N) is 1. The van der Waals surface area contributed by atoms with Crippen molar-refractivity contribution in [1.82, 2.24) is 0 Å². The van der Waals surface area contributed by atoms with Gasteiger partial charge in [0, 0.05) is 12.6 Å². The summed E-state index contributed by atoms with van der Waals surface area (Å²) in [7, 11) is 0. The van der Waals surface area contributed by atoms with E-state index >= 15 is 0 Å². The van der Waals surface area contributed by atoms with E-state index in [1.165, 1.54) is 19.1 Å². The number of amides is 1. The van der Waals surface area contributed by atoms with E-state index in [2.05, 4.69) is 11.4 Å². The van der Waals surface area contributed by atoms with Gasteiger partial charge in [0.05, 0.1) is 17.2 Å². The number of carbonyl (C=O) groups is 2. The van der Waals surface area contributed by atoms with E-state index in [-0.39, 0.29) is 23.8 Å². The Labute approximate surface area is 167 Å². The molecular formula is C23H17FN2O3. The molecule has 3 aromatic carbocycles. The van der Waals surface area contributed by atoms with E-state index < -0.39 is 11.6 Å². The van der Waals surface area contributed by atoms with Crippen LogP contribution < -0.4 is 10.1 Å². The molecular weight excluding hydrogens is 371 g/mol. The third-order valence-electron chi connectivity index (χ3n) is 4.16. The van der Waals surface area contributed by atoms with Crippen LogP contribution in [0.2, 0.25) is 0 Å². The highest BCUT2D eigenvalue weighted by molar-refractivity contribution is 5.98. The second kappa shape index (κ2) is 8.81. The summed E-state index contributed by atoms with van der Waals surface area (Å²) in [5, 5.41) is 11.3. The lowest BCUT2D eigenvalue weighted by Gasteiger charge is -2.09. The molecule has 5 nitrogen and oxygen atoms in total. The smallest absolute Gasteiger partial charge is 0.221 e. The monoisotopic (exact) mass is 388 g/mol. The van der Waals surface area contributed by atoms with Crippen LogP contribution in [-0.4, -0.2) is 18.3 Å². The van der Waals surface area contributed by atoms with Gasteiger partial charge >= 0.3 is 0 Å². The molecule has 0 saturated carbocycles. The van der Waals surface area contributed by atoms with Gasteiger partial charge in [0.1, 0.15) is 11.6 Å². The summed E-state index contributed by atoms with van der Waals surface area (Å²) in [6.45, 7) is 1.00. The van der Waals surface area contributed by atoms with Crippen LogP contribution in [0.5, 0.6) is 5.75 Å². The van der Waals surface area contributed by atoms with Crippen LogP contribution in [-0.2, 0) is 4.79 Å². The Balaban J connectivity index is 1.63. The van der Waals surface area contributed by atoms with Crippen molar-refractivity contribution in [2.75, 3.05) is 11.9 Å². The molecule has 0 radical (unpaired) electrons. The molecule has 0 aliphatic heterocycles. The maximum absolute atomic E-state index is 14.1. The first-order valence-electron chi connectivity index (χ1n) is 8.80. The number of ketones is 1. The van der Waals surface area contributed by atoms with Crippen molar-refractivity contribution in [2.24, 2.45) is 0 Å². The van der Waals surface area contributed by atoms with Crippen molar-refractivity contribution >= 4 is 17.4 Å². The average Bonchev–Trinajstić information content (AvgIpc) is 2.72. The second-order valence-electron chi connectivity index (χ2n) is 6.30. The Morgan fingerprint density at radius 3 is 2.17 bits per heavy atom. The minimum atomic E-state index is -0.721. The van der Waals surface area contributed by atoms with E-state index in [1.54, 1.807) is 24.3 Å². The van der Waals surface area contributed by atoms with Gasteiger partial charge in [-0.2, -0.15) is 5.26 Å². The van der Waals surface area contributed by atoms with Crippen LogP contribution in [0.1, 0.15) is 22.8 Å². The summed E-state index contributed by atoms with van der Waals surface area (Å²) in [6, 6.07) is 20.3. The van der Waals surface area contributed by atoms with Crippen LogP contribution in [0.25, 0.3) is 11.1 Å². The fourth-order valence-electron chi connectivity index (χ4n) is 2.73. The molecule has 1 N–H and O–H groups in total. The van der Waals surface area contributed by atoms with Crippen LogP contribution in [0.3, 0.4) is 0 Å². The third-order valence-corrected chi connectivity index (χ3v) is 4.16. The molecule has 0 unspecified atom stereocenters. The van der Waals surface area contributed by atoms with Gasteiger partial charge < -0.3 is 10.1 Å². The Bertz CT molecular complexity index is 1080. The molecule has 0 atom stereocenters. The van der Waals surface area contributed by atoms with E-state index in [0.717, 1.165) is 17.2 Å². The van der Waals surface area contributed by atoms with E-state index in [1.807, 2.05) is 24.3 Å². The summed E-state index contributed by atoms with van der Waals surface area (Å²) in [4.78, 5) is 23.3. The number of nitriles is 1. The van der Waals surface area contributed by atoms with Gasteiger partial charge in [0.2, 0.25) is 11.7 Å². The van der Waals surface area contributed by atoms with Gasteiger partial charge in [-0.05, 0) is 53.6 Å². The predicted molar refractivity (Wildman–Crippen MR) is 107 cm³/mol. The molecule has 3 aromatic rings. The lowest BCUT2D eigenvalue weighted by atomic mass is 10.0. The van der Waals surface area contributed by atoms with Crippen molar-refractivity contribution < 1.29 is 18.7 Å². The fraction of sp³-hybridized carbons (Fsp3) is 0.0870. The number of hydrogen-bond acceptors (Lipinski definition) is 4. The number of rotatable bonds is 6. The molecule has 0 aromatic heterocycles. The molecule has 29 heavy (non-hydrogen) atoms. The summed E-state index contributed by atoms with van der Waals surface area (Å²) in [5.74, 6) is -1.07. The number of halogens is 1. The van der Waals surface area contributed by atoms with Crippen LogP contribution in [0, 0.1) is 17.1 Å². The van der Waals surface area contributed by atoms with E-state index in [0.29, 0.717) is 11.3 Å². The molecule has 0 aliphatic carbocycles. The summed E-state index contributed by atoms with van der Waals surface area (Å²) in [6.07, 6.45) is 0. The highest BCUT2D eigenvalue weighted by Crippen LogP contribution is 2.23. The third kappa shape index (κ3) is 5.05. The first kappa shape index (κ1) is 19.8. The molecule has 0 bridgehead atoms. The zero-order chi connectivity index (χ0) is 20.8. The Morgan fingerprint density at radius 2 is 1.62 bits per heavy atom. The number of benzene rings is 3. The predicted octanol–water partition coefficient (Wildman–Crippen LogP) is 4.58. The van der Waals surface area contributed by atoms with Crippen LogP contribution in [0.15, 0.2) is 66.7 Å². The molecule has 144 valence electrons. The molecule has 0 aliphatic rings. The van der Waals surface area contributed by atoms with Gasteiger partial charge in [0.25, 0.3) is 0 Å². The molecule has 3 rings (SSSR count). The normalized spacial score (nSPS) is 10.1. The molecule has 0 heterocycles. The van der Waals surface area contributed by atoms with E-state index in [9.17, 15) is 14.0 Å². The quantitative estimate of drug-likeness (QED) is 0.627. The van der Waals surface area contributed by atoms with Crippen molar-refractivity contribution in [3.63, 3.8) is 0 Å². The zero-order valence-electron chi connectivity index (χ0n) is 15.6. The number of ether oxygens (including phenoxy) is 1. The maximum Gasteiger partial charge on any atom is 0.221 e. The zero-order valence-corrected chi connectivity index (χ0v) is 15.6. The fourth-order valence-corrected chi connectivity index (χ4v) is 2.73. The van der Waals surface area contributed by atoms with Gasteiger partial charge in [-0.25, -0.2) is 4.39 Å². The molecule has 1 amide bonds. The number of anilines is 1. The first-order chi connectivity index (χ1) is 14.0. The number of nitrogens with zero attached hydrogens (tertiary/aromatic N) is 1. The number of carbonyl (C=O) groups excluding carboxylic acids is 2. The highest BCUT2D eigenvalue weighted by Gasteiger charge is 2.13. The van der Waals surface area contributed by atoms with Crippen molar-refractivity contribution in [1.29, 1.82) is 5.26 Å². The lowest BCUT2D eigenvalue weighted by molar-refractivity contribution is -0.114. The topological polar surface area (TPSA) is 79.2 Å². The number of Topliss-reactive ketones (excluding diaryl/α,β-unsaturated/α-hetero) is 1. The lowest BCUT2D eigenvalue weighted by Crippen LogP contribution is -2.14. The standard InChI is InChI=1S/C23H17FN2O3/c1-15(27)26-19-8-11-21(22(24)12-19)23(28)14-29-20-9-6-18(7-10-20)17-4-2-16(13-25)3-5-17/h2-12H,14H2,1H3,(H,26,27). The van der Waals surface area contributed by atoms with Gasteiger partial charge in [-0.15, -0.1) is 0 Å². The first-order valence-corrected chi connectivity index (χ1v) is 8.80. The summed E-state index contributed by atoms with van der Waals surface area (Å²) >= 11 is 0. The SMILES string of the molecule is CC(=O)Nc1ccc(C(=O)COc2ccc(-c3ccc(C#N)cc3)cc2)c(F)c1. The van der Waals surface area contributed by atoms with Crippen LogP contribution >= 0.6 is 0 Å². The Morgan fingerprint density at radius 1 is 1.00 bits per heavy atom. The molecule has 0 spiro atoms. The van der Waals surface area contributed by atoms with Crippen LogP contribution in [0.4, 0.5) is 10.1 Å². The summed E-state index contributed by atoms with van der Waals surface area (Å²) < 4.78 is 19.6. The van der Waals surface area contributed by atoms with Gasteiger partial charge in [-0.1, -0.05) is 24.3 Å².